The first-order valence-corrected chi connectivity index (χ1v) is 8.65. The van der Waals surface area contributed by atoms with Gasteiger partial charge in [-0.3, -0.25) is 4.90 Å². The van der Waals surface area contributed by atoms with Crippen LogP contribution in [0.25, 0.3) is 11.4 Å². The molecule has 136 valence electrons. The van der Waals surface area contributed by atoms with E-state index in [1.165, 1.54) is 6.42 Å². The van der Waals surface area contributed by atoms with E-state index >= 15 is 0 Å². The fourth-order valence-electron chi connectivity index (χ4n) is 3.33. The lowest BCUT2D eigenvalue weighted by atomic mass is 10.00. The molecular weight excluding hydrogens is 322 g/mol. The van der Waals surface area contributed by atoms with Crippen molar-refractivity contribution in [3.63, 3.8) is 0 Å². The van der Waals surface area contributed by atoms with Gasteiger partial charge in [0.25, 0.3) is 0 Å². The first-order chi connectivity index (χ1) is 12.2. The molecule has 25 heavy (non-hydrogen) atoms. The predicted molar refractivity (Wildman–Crippen MR) is 92.6 cm³/mol. The van der Waals surface area contributed by atoms with Gasteiger partial charge in [-0.15, -0.1) is 0 Å². The highest BCUT2D eigenvalue weighted by atomic mass is 16.5. The van der Waals surface area contributed by atoms with Crippen molar-refractivity contribution >= 4 is 0 Å². The van der Waals surface area contributed by atoms with E-state index in [9.17, 15) is 5.11 Å². The first-order valence-electron chi connectivity index (χ1n) is 8.65. The molecule has 2 aromatic rings. The molecule has 1 fully saturated rings. The smallest absolute Gasteiger partial charge is 0.241 e. The fraction of sp³-hybridized carbons (Fsp3) is 0.556. The van der Waals surface area contributed by atoms with Gasteiger partial charge in [0.1, 0.15) is 11.5 Å². The minimum atomic E-state index is 0.208. The number of nitrogens with zero attached hydrogens (tertiary/aromatic N) is 3. The molecule has 0 spiro atoms. The normalized spacial score (nSPS) is 18.3. The lowest BCUT2D eigenvalue weighted by Crippen LogP contribution is -2.39. The van der Waals surface area contributed by atoms with Gasteiger partial charge in [0.15, 0.2) is 0 Å². The molecular formula is C18H25N3O4. The minimum Gasteiger partial charge on any atom is -0.497 e. The Bertz CT molecular complexity index is 687. The zero-order valence-electron chi connectivity index (χ0n) is 14.8. The van der Waals surface area contributed by atoms with Gasteiger partial charge in [0.2, 0.25) is 11.7 Å². The molecule has 1 N–H and O–H groups in total. The number of aliphatic hydroxyl groups excluding tert-OH is 1. The third-order valence-electron chi connectivity index (χ3n) is 4.67. The highest BCUT2D eigenvalue weighted by molar-refractivity contribution is 5.65. The molecule has 1 atom stereocenters. The minimum absolute atomic E-state index is 0.208. The van der Waals surface area contributed by atoms with Crippen LogP contribution in [0.2, 0.25) is 0 Å². The van der Waals surface area contributed by atoms with Crippen LogP contribution in [-0.4, -0.2) is 53.6 Å². The summed E-state index contributed by atoms with van der Waals surface area (Å²) in [6.45, 7) is 1.81. The molecule has 0 amide bonds. The molecule has 1 aromatic carbocycles. The summed E-state index contributed by atoms with van der Waals surface area (Å²) in [5, 5.41) is 13.4. The Morgan fingerprint density at radius 2 is 2.16 bits per heavy atom. The van der Waals surface area contributed by atoms with E-state index < -0.39 is 0 Å². The van der Waals surface area contributed by atoms with Gasteiger partial charge >= 0.3 is 0 Å². The van der Waals surface area contributed by atoms with Crippen molar-refractivity contribution in [3.05, 3.63) is 24.1 Å². The summed E-state index contributed by atoms with van der Waals surface area (Å²) >= 11 is 0. The number of aliphatic hydroxyl groups is 1. The van der Waals surface area contributed by atoms with Gasteiger partial charge < -0.3 is 19.1 Å². The van der Waals surface area contributed by atoms with Crippen LogP contribution in [0, 0.1) is 0 Å². The van der Waals surface area contributed by atoms with Crippen LogP contribution in [0.5, 0.6) is 11.5 Å². The molecule has 2 heterocycles. The van der Waals surface area contributed by atoms with Crippen LogP contribution in [0.3, 0.4) is 0 Å². The van der Waals surface area contributed by atoms with Crippen molar-refractivity contribution < 1.29 is 19.1 Å². The SMILES string of the molecule is COc1ccc(-c2noc(CN3CCCCC3CCO)n2)c(OC)c1. The molecule has 1 saturated heterocycles. The van der Waals surface area contributed by atoms with Gasteiger partial charge in [-0.1, -0.05) is 11.6 Å². The average molecular weight is 347 g/mol. The summed E-state index contributed by atoms with van der Waals surface area (Å²) in [5.41, 5.74) is 0.767. The largest absolute Gasteiger partial charge is 0.497 e. The maximum absolute atomic E-state index is 9.25. The Hall–Kier alpha value is -2.12. The molecule has 1 aromatic heterocycles. The summed E-state index contributed by atoms with van der Waals surface area (Å²) in [5.74, 6) is 2.44. The van der Waals surface area contributed by atoms with E-state index in [0.717, 1.165) is 31.4 Å². The van der Waals surface area contributed by atoms with Gasteiger partial charge in [-0.2, -0.15) is 4.98 Å². The first kappa shape index (κ1) is 17.7. The van der Waals surface area contributed by atoms with Crippen LogP contribution in [0.4, 0.5) is 0 Å². The maximum atomic E-state index is 9.25. The van der Waals surface area contributed by atoms with Crippen molar-refractivity contribution in [1.82, 2.24) is 15.0 Å². The van der Waals surface area contributed by atoms with Crippen molar-refractivity contribution in [1.29, 1.82) is 0 Å². The van der Waals surface area contributed by atoms with Crippen LogP contribution in [0.1, 0.15) is 31.6 Å². The van der Waals surface area contributed by atoms with Crippen LogP contribution < -0.4 is 9.47 Å². The van der Waals surface area contributed by atoms with Gasteiger partial charge in [-0.05, 0) is 37.9 Å². The summed E-state index contributed by atoms with van der Waals surface area (Å²) in [6.07, 6.45) is 4.26. The number of methoxy groups -OCH3 is 2. The number of benzene rings is 1. The Kier molecular flexibility index (Phi) is 5.88. The summed E-state index contributed by atoms with van der Waals surface area (Å²) < 4.78 is 16.1. The Morgan fingerprint density at radius 3 is 2.92 bits per heavy atom. The zero-order chi connectivity index (χ0) is 17.6. The maximum Gasteiger partial charge on any atom is 0.241 e. The molecule has 7 nitrogen and oxygen atoms in total. The van der Waals surface area contributed by atoms with E-state index in [2.05, 4.69) is 15.0 Å². The summed E-state index contributed by atoms with van der Waals surface area (Å²) in [6, 6.07) is 5.88. The molecule has 0 radical (unpaired) electrons. The van der Waals surface area contributed by atoms with Crippen molar-refractivity contribution in [2.24, 2.45) is 0 Å². The number of hydrogen-bond donors (Lipinski definition) is 1. The second kappa shape index (κ2) is 8.31. The predicted octanol–water partition coefficient (Wildman–Crippen LogP) is 2.49. The molecule has 0 aliphatic carbocycles. The van der Waals surface area contributed by atoms with Crippen LogP contribution >= 0.6 is 0 Å². The molecule has 1 aliphatic heterocycles. The van der Waals surface area contributed by atoms with Crippen molar-refractivity contribution in [3.8, 4) is 22.9 Å². The number of ether oxygens (including phenoxy) is 2. The van der Waals surface area contributed by atoms with E-state index in [4.69, 9.17) is 14.0 Å². The van der Waals surface area contributed by atoms with E-state index in [1.807, 2.05) is 12.1 Å². The molecule has 0 bridgehead atoms. The molecule has 3 rings (SSSR count). The van der Waals surface area contributed by atoms with Gasteiger partial charge in [0, 0.05) is 18.7 Å². The standard InChI is InChI=1S/C18H25N3O4/c1-23-14-6-7-15(16(11-14)24-2)18-19-17(25-20-18)12-21-9-4-3-5-13(21)8-10-22/h6-7,11,13,22H,3-5,8-10,12H2,1-2H3. The second-order valence-corrected chi connectivity index (χ2v) is 6.21. The van der Waals surface area contributed by atoms with Gasteiger partial charge in [0.05, 0.1) is 26.3 Å². The monoisotopic (exact) mass is 347 g/mol. The van der Waals surface area contributed by atoms with E-state index in [0.29, 0.717) is 35.8 Å². The molecule has 1 aliphatic rings. The van der Waals surface area contributed by atoms with E-state index in [-0.39, 0.29) is 6.61 Å². The average Bonchev–Trinajstić information content (AvgIpc) is 3.11. The van der Waals surface area contributed by atoms with Crippen LogP contribution in [-0.2, 0) is 6.54 Å². The topological polar surface area (TPSA) is 80.9 Å². The van der Waals surface area contributed by atoms with E-state index in [1.54, 1.807) is 20.3 Å². The summed E-state index contributed by atoms with van der Waals surface area (Å²) in [4.78, 5) is 6.85. The number of likely N-dealkylation sites (tertiary alicyclic amines) is 1. The Morgan fingerprint density at radius 1 is 1.28 bits per heavy atom. The summed E-state index contributed by atoms with van der Waals surface area (Å²) in [7, 11) is 3.22. The highest BCUT2D eigenvalue weighted by Crippen LogP contribution is 2.32. The Labute approximate surface area is 147 Å². The Balaban J connectivity index is 1.76. The quantitative estimate of drug-likeness (QED) is 0.824. The highest BCUT2D eigenvalue weighted by Gasteiger charge is 2.24. The number of hydrogen-bond acceptors (Lipinski definition) is 7. The van der Waals surface area contributed by atoms with Crippen molar-refractivity contribution in [2.75, 3.05) is 27.4 Å². The fourth-order valence-corrected chi connectivity index (χ4v) is 3.33. The van der Waals surface area contributed by atoms with Gasteiger partial charge in [-0.25, -0.2) is 0 Å². The third kappa shape index (κ3) is 4.11. The second-order valence-electron chi connectivity index (χ2n) is 6.21. The number of rotatable bonds is 7. The number of aromatic nitrogens is 2. The molecule has 1 unspecified atom stereocenters. The van der Waals surface area contributed by atoms with Crippen molar-refractivity contribution in [2.45, 2.75) is 38.3 Å². The molecule has 7 heteroatoms. The van der Waals surface area contributed by atoms with Crippen LogP contribution in [0.15, 0.2) is 22.7 Å². The lowest BCUT2D eigenvalue weighted by Gasteiger charge is -2.34. The lowest BCUT2D eigenvalue weighted by molar-refractivity contribution is 0.100. The zero-order valence-corrected chi connectivity index (χ0v) is 14.8. The molecule has 0 saturated carbocycles. The number of piperidine rings is 1. The third-order valence-corrected chi connectivity index (χ3v) is 4.67.